The number of benzene rings is 1. The predicted molar refractivity (Wildman–Crippen MR) is 62.6 cm³/mol. The summed E-state index contributed by atoms with van der Waals surface area (Å²) in [6.45, 7) is 4.04. The number of ether oxygens (including phenoxy) is 2. The molecule has 0 amide bonds. The molecule has 18 heavy (non-hydrogen) atoms. The van der Waals surface area contributed by atoms with Crippen LogP contribution in [0.1, 0.15) is 34.6 Å². The number of esters is 1. The molecule has 0 aliphatic carbocycles. The van der Waals surface area contributed by atoms with Crippen LogP contribution >= 0.6 is 0 Å². The van der Waals surface area contributed by atoms with Crippen LogP contribution in [0.3, 0.4) is 0 Å². The second-order valence-electron chi connectivity index (χ2n) is 4.67. The SMILES string of the molecule is CC(C)(OC(=O)c1ccccc1C(=O)O)C1CO1. The van der Waals surface area contributed by atoms with Gasteiger partial charge in [-0.1, -0.05) is 12.1 Å². The minimum atomic E-state index is -1.15. The van der Waals surface area contributed by atoms with Crippen molar-refractivity contribution in [3.63, 3.8) is 0 Å². The summed E-state index contributed by atoms with van der Waals surface area (Å²) >= 11 is 0. The van der Waals surface area contributed by atoms with E-state index in [9.17, 15) is 9.59 Å². The van der Waals surface area contributed by atoms with Crippen LogP contribution in [0, 0.1) is 0 Å². The van der Waals surface area contributed by atoms with E-state index in [0.29, 0.717) is 6.61 Å². The van der Waals surface area contributed by atoms with Gasteiger partial charge in [0.2, 0.25) is 0 Å². The lowest BCUT2D eigenvalue weighted by Crippen LogP contribution is -2.34. The second-order valence-corrected chi connectivity index (χ2v) is 4.67. The van der Waals surface area contributed by atoms with Crippen molar-refractivity contribution in [3.05, 3.63) is 35.4 Å². The van der Waals surface area contributed by atoms with Crippen LogP contribution in [0.5, 0.6) is 0 Å². The Hall–Kier alpha value is -1.88. The fourth-order valence-electron chi connectivity index (χ4n) is 1.66. The summed E-state index contributed by atoms with van der Waals surface area (Å²) in [5.74, 6) is -1.79. The van der Waals surface area contributed by atoms with Crippen molar-refractivity contribution < 1.29 is 24.2 Å². The van der Waals surface area contributed by atoms with Crippen LogP contribution in [0.2, 0.25) is 0 Å². The van der Waals surface area contributed by atoms with E-state index in [1.54, 1.807) is 26.0 Å². The zero-order valence-electron chi connectivity index (χ0n) is 10.2. The Bertz CT molecular complexity index is 488. The molecule has 5 nitrogen and oxygen atoms in total. The van der Waals surface area contributed by atoms with Crippen LogP contribution < -0.4 is 0 Å². The Morgan fingerprint density at radius 2 is 1.89 bits per heavy atom. The van der Waals surface area contributed by atoms with Gasteiger partial charge in [0, 0.05) is 0 Å². The molecule has 1 aromatic rings. The van der Waals surface area contributed by atoms with E-state index >= 15 is 0 Å². The first kappa shape index (κ1) is 12.6. The van der Waals surface area contributed by atoms with Gasteiger partial charge in [-0.05, 0) is 26.0 Å². The van der Waals surface area contributed by atoms with Gasteiger partial charge in [0.25, 0.3) is 0 Å². The Morgan fingerprint density at radius 1 is 1.33 bits per heavy atom. The Morgan fingerprint density at radius 3 is 2.39 bits per heavy atom. The lowest BCUT2D eigenvalue weighted by atomic mass is 10.0. The Kier molecular flexibility index (Phi) is 3.09. The molecule has 0 bridgehead atoms. The molecule has 1 aliphatic heterocycles. The minimum Gasteiger partial charge on any atom is -0.478 e. The standard InChI is InChI=1S/C13H14O5/c1-13(2,10-7-17-10)18-12(16)9-6-4-3-5-8(9)11(14)15/h3-6,10H,7H2,1-2H3,(H,14,15). The lowest BCUT2D eigenvalue weighted by molar-refractivity contribution is -0.0134. The number of carboxylic acid groups (broad SMARTS) is 1. The smallest absolute Gasteiger partial charge is 0.339 e. The maximum atomic E-state index is 12.0. The molecular weight excluding hydrogens is 236 g/mol. The van der Waals surface area contributed by atoms with Crippen LogP contribution in [0.4, 0.5) is 0 Å². The van der Waals surface area contributed by atoms with Gasteiger partial charge in [-0.25, -0.2) is 9.59 Å². The molecule has 1 heterocycles. The van der Waals surface area contributed by atoms with E-state index in [0.717, 1.165) is 0 Å². The first-order valence-electron chi connectivity index (χ1n) is 5.59. The summed E-state index contributed by atoms with van der Waals surface area (Å²) in [7, 11) is 0. The van der Waals surface area contributed by atoms with E-state index in [1.807, 2.05) is 0 Å². The van der Waals surface area contributed by atoms with E-state index < -0.39 is 17.5 Å². The molecular formula is C13H14O5. The molecule has 1 aliphatic rings. The van der Waals surface area contributed by atoms with E-state index in [-0.39, 0.29) is 17.2 Å². The van der Waals surface area contributed by atoms with Gasteiger partial charge < -0.3 is 14.6 Å². The molecule has 5 heteroatoms. The number of hydrogen-bond acceptors (Lipinski definition) is 4. The number of carbonyl (C=O) groups is 2. The molecule has 1 fully saturated rings. The largest absolute Gasteiger partial charge is 0.478 e. The molecule has 1 atom stereocenters. The van der Waals surface area contributed by atoms with Gasteiger partial charge in [-0.15, -0.1) is 0 Å². The molecule has 0 aromatic heterocycles. The zero-order valence-corrected chi connectivity index (χ0v) is 10.2. The fraction of sp³-hybridized carbons (Fsp3) is 0.385. The van der Waals surface area contributed by atoms with Crippen molar-refractivity contribution in [3.8, 4) is 0 Å². The number of carbonyl (C=O) groups excluding carboxylic acids is 1. The quantitative estimate of drug-likeness (QED) is 0.650. The van der Waals surface area contributed by atoms with Crippen molar-refractivity contribution in [1.82, 2.24) is 0 Å². The summed E-state index contributed by atoms with van der Waals surface area (Å²) in [6.07, 6.45) is -0.113. The van der Waals surface area contributed by atoms with Gasteiger partial charge in [-0.3, -0.25) is 0 Å². The minimum absolute atomic E-state index is 0.0544. The highest BCUT2D eigenvalue weighted by atomic mass is 16.6. The number of epoxide rings is 1. The highest BCUT2D eigenvalue weighted by Crippen LogP contribution is 2.28. The van der Waals surface area contributed by atoms with E-state index in [4.69, 9.17) is 14.6 Å². The fourth-order valence-corrected chi connectivity index (χ4v) is 1.66. The first-order chi connectivity index (χ1) is 8.42. The predicted octanol–water partition coefficient (Wildman–Crippen LogP) is 1.72. The number of rotatable bonds is 4. The molecule has 1 unspecified atom stereocenters. The summed E-state index contributed by atoms with van der Waals surface area (Å²) in [6, 6.07) is 5.98. The van der Waals surface area contributed by atoms with Gasteiger partial charge in [0.05, 0.1) is 17.7 Å². The summed E-state index contributed by atoms with van der Waals surface area (Å²) in [5, 5.41) is 9.00. The van der Waals surface area contributed by atoms with Crippen LogP contribution in [0.25, 0.3) is 0 Å². The molecule has 1 aromatic carbocycles. The average molecular weight is 250 g/mol. The lowest BCUT2D eigenvalue weighted by Gasteiger charge is -2.23. The van der Waals surface area contributed by atoms with Crippen molar-refractivity contribution in [2.24, 2.45) is 0 Å². The van der Waals surface area contributed by atoms with Crippen LogP contribution in [-0.4, -0.2) is 35.4 Å². The Labute approximate surface area is 104 Å². The third kappa shape index (κ3) is 2.51. The van der Waals surface area contributed by atoms with Crippen molar-refractivity contribution >= 4 is 11.9 Å². The molecule has 1 saturated heterocycles. The molecule has 96 valence electrons. The molecule has 0 saturated carbocycles. The van der Waals surface area contributed by atoms with Crippen LogP contribution in [-0.2, 0) is 9.47 Å². The van der Waals surface area contributed by atoms with Gasteiger partial charge >= 0.3 is 11.9 Å². The molecule has 0 spiro atoms. The van der Waals surface area contributed by atoms with E-state index in [2.05, 4.69) is 0 Å². The monoisotopic (exact) mass is 250 g/mol. The number of aromatic carboxylic acids is 1. The summed E-state index contributed by atoms with van der Waals surface area (Å²) < 4.78 is 10.4. The summed E-state index contributed by atoms with van der Waals surface area (Å²) in [5.41, 5.74) is -0.753. The van der Waals surface area contributed by atoms with Crippen LogP contribution in [0.15, 0.2) is 24.3 Å². The molecule has 1 N–H and O–H groups in total. The zero-order chi connectivity index (χ0) is 13.3. The Balaban J connectivity index is 2.21. The summed E-state index contributed by atoms with van der Waals surface area (Å²) in [4.78, 5) is 23.0. The van der Waals surface area contributed by atoms with E-state index in [1.165, 1.54) is 12.1 Å². The van der Waals surface area contributed by atoms with Crippen molar-refractivity contribution in [2.45, 2.75) is 25.6 Å². The highest BCUT2D eigenvalue weighted by Gasteiger charge is 2.43. The maximum Gasteiger partial charge on any atom is 0.339 e. The highest BCUT2D eigenvalue weighted by molar-refractivity contribution is 6.02. The normalized spacial score (nSPS) is 18.2. The van der Waals surface area contributed by atoms with Gasteiger partial charge in [0.1, 0.15) is 11.7 Å². The first-order valence-corrected chi connectivity index (χ1v) is 5.59. The van der Waals surface area contributed by atoms with Crippen molar-refractivity contribution in [2.75, 3.05) is 6.61 Å². The average Bonchev–Trinajstić information content (AvgIpc) is 3.12. The third-order valence-electron chi connectivity index (χ3n) is 2.84. The number of hydrogen-bond donors (Lipinski definition) is 1. The maximum absolute atomic E-state index is 12.0. The third-order valence-corrected chi connectivity index (χ3v) is 2.84. The molecule has 0 radical (unpaired) electrons. The van der Waals surface area contributed by atoms with Gasteiger partial charge in [0.15, 0.2) is 0 Å². The van der Waals surface area contributed by atoms with Gasteiger partial charge in [-0.2, -0.15) is 0 Å². The topological polar surface area (TPSA) is 76.1 Å². The van der Waals surface area contributed by atoms with Crippen molar-refractivity contribution in [1.29, 1.82) is 0 Å². The second kappa shape index (κ2) is 4.42. The number of carboxylic acids is 1. The molecule has 2 rings (SSSR count).